The summed E-state index contributed by atoms with van der Waals surface area (Å²) >= 11 is 0. The number of fused-ring (bicyclic) bond motifs is 2. The van der Waals surface area contributed by atoms with Gasteiger partial charge in [0.15, 0.2) is 11.6 Å². The minimum absolute atomic E-state index is 0.161. The fourth-order valence-electron chi connectivity index (χ4n) is 4.09. The van der Waals surface area contributed by atoms with Crippen LogP contribution in [0.2, 0.25) is 0 Å². The molecule has 7 heteroatoms. The zero-order chi connectivity index (χ0) is 20.8. The lowest BCUT2D eigenvalue weighted by atomic mass is 9.95. The van der Waals surface area contributed by atoms with Crippen molar-refractivity contribution in [3.63, 3.8) is 0 Å². The summed E-state index contributed by atoms with van der Waals surface area (Å²) in [6.45, 7) is 0.303. The number of nitrogens with one attached hydrogen (secondary N) is 1. The summed E-state index contributed by atoms with van der Waals surface area (Å²) in [5.41, 5.74) is 11.0. The number of hydrogen-bond donors (Lipinski definition) is 3. The number of hydrogen-bond acceptors (Lipinski definition) is 5. The van der Waals surface area contributed by atoms with E-state index in [9.17, 15) is 13.9 Å². The molecule has 1 aliphatic rings. The second kappa shape index (κ2) is 7.12. The van der Waals surface area contributed by atoms with Crippen LogP contribution in [0.15, 0.2) is 54.6 Å². The molecule has 1 aliphatic heterocycles. The quantitative estimate of drug-likeness (QED) is 0.483. The highest BCUT2D eigenvalue weighted by molar-refractivity contribution is 5.88. The number of aliphatic hydroxyl groups excluding tert-OH is 1. The second-order valence-electron chi connectivity index (χ2n) is 7.29. The molecule has 0 saturated heterocycles. The second-order valence-corrected chi connectivity index (χ2v) is 7.29. The van der Waals surface area contributed by atoms with Gasteiger partial charge in [-0.05, 0) is 52.1 Å². The third kappa shape index (κ3) is 2.99. The van der Waals surface area contributed by atoms with E-state index in [1.807, 2.05) is 24.3 Å². The van der Waals surface area contributed by atoms with E-state index in [4.69, 9.17) is 5.73 Å². The molecule has 5 nitrogen and oxygen atoms in total. The van der Waals surface area contributed by atoms with Crippen LogP contribution < -0.4 is 11.1 Å². The number of nitrogen functional groups attached to an aromatic ring is 1. The van der Waals surface area contributed by atoms with Crippen molar-refractivity contribution in [1.82, 2.24) is 15.3 Å². The Bertz CT molecular complexity index is 1290. The number of nitrogens with zero attached hydrogens (tertiary/aromatic N) is 2. The summed E-state index contributed by atoms with van der Waals surface area (Å²) in [6, 6.07) is 15.4. The van der Waals surface area contributed by atoms with Crippen molar-refractivity contribution in [3.05, 3.63) is 88.6 Å². The zero-order valence-electron chi connectivity index (χ0n) is 15.9. The van der Waals surface area contributed by atoms with Gasteiger partial charge in [-0.25, -0.2) is 18.7 Å². The van der Waals surface area contributed by atoms with Crippen LogP contribution in [0.3, 0.4) is 0 Å². The van der Waals surface area contributed by atoms with Gasteiger partial charge in [-0.1, -0.05) is 30.3 Å². The Labute approximate surface area is 171 Å². The van der Waals surface area contributed by atoms with Crippen molar-refractivity contribution in [1.29, 1.82) is 0 Å². The van der Waals surface area contributed by atoms with E-state index in [-0.39, 0.29) is 12.0 Å². The summed E-state index contributed by atoms with van der Waals surface area (Å²) < 4.78 is 27.6. The van der Waals surface area contributed by atoms with E-state index in [0.29, 0.717) is 28.8 Å². The largest absolute Gasteiger partial charge is 0.392 e. The molecule has 0 spiro atoms. The van der Waals surface area contributed by atoms with Crippen molar-refractivity contribution >= 4 is 16.9 Å². The predicted octanol–water partition coefficient (Wildman–Crippen LogP) is 3.84. The maximum atomic E-state index is 13.9. The van der Waals surface area contributed by atoms with Crippen molar-refractivity contribution in [2.75, 3.05) is 5.73 Å². The van der Waals surface area contributed by atoms with Crippen molar-refractivity contribution in [2.24, 2.45) is 0 Å². The fraction of sp³-hybridized carbons (Fsp3) is 0.130. The summed E-state index contributed by atoms with van der Waals surface area (Å²) in [5, 5.41) is 13.9. The van der Waals surface area contributed by atoms with Gasteiger partial charge in [0.05, 0.1) is 23.9 Å². The molecule has 0 aliphatic carbocycles. The van der Waals surface area contributed by atoms with Gasteiger partial charge in [-0.2, -0.15) is 0 Å². The molecule has 0 fully saturated rings. The van der Waals surface area contributed by atoms with Gasteiger partial charge in [0.1, 0.15) is 0 Å². The molecular weight excluding hydrogens is 386 g/mol. The lowest BCUT2D eigenvalue weighted by molar-refractivity contribution is 0.281. The molecule has 0 amide bonds. The smallest absolute Gasteiger partial charge is 0.220 e. The number of aromatic nitrogens is 2. The number of halogens is 2. The van der Waals surface area contributed by atoms with E-state index in [2.05, 4.69) is 21.4 Å². The fourth-order valence-corrected chi connectivity index (χ4v) is 4.09. The lowest BCUT2D eigenvalue weighted by Crippen LogP contribution is -2.16. The van der Waals surface area contributed by atoms with Crippen LogP contribution in [0.5, 0.6) is 0 Å². The Morgan fingerprint density at radius 3 is 2.67 bits per heavy atom. The van der Waals surface area contributed by atoms with Gasteiger partial charge in [-0.15, -0.1) is 0 Å². The summed E-state index contributed by atoms with van der Waals surface area (Å²) in [6.07, 6.45) is 0. The number of benzene rings is 3. The summed E-state index contributed by atoms with van der Waals surface area (Å²) in [5.74, 6) is -1.80. The number of rotatable bonds is 3. The summed E-state index contributed by atoms with van der Waals surface area (Å²) in [7, 11) is 0. The first-order valence-corrected chi connectivity index (χ1v) is 9.52. The van der Waals surface area contributed by atoms with Gasteiger partial charge in [0, 0.05) is 11.9 Å². The predicted molar refractivity (Wildman–Crippen MR) is 110 cm³/mol. The average Bonchev–Trinajstić information content (AvgIpc) is 3.18. The molecule has 1 unspecified atom stereocenters. The molecule has 150 valence electrons. The highest BCUT2D eigenvalue weighted by Crippen LogP contribution is 2.36. The molecule has 4 aromatic rings. The normalized spacial score (nSPS) is 15.5. The van der Waals surface area contributed by atoms with Gasteiger partial charge < -0.3 is 16.2 Å². The third-order valence-corrected chi connectivity index (χ3v) is 5.51. The Kier molecular flexibility index (Phi) is 4.42. The Balaban J connectivity index is 1.72. The molecule has 3 aromatic carbocycles. The van der Waals surface area contributed by atoms with Gasteiger partial charge in [0.25, 0.3) is 0 Å². The van der Waals surface area contributed by atoms with E-state index in [1.54, 1.807) is 12.1 Å². The molecule has 30 heavy (non-hydrogen) atoms. The van der Waals surface area contributed by atoms with Crippen LogP contribution in [-0.4, -0.2) is 15.1 Å². The Morgan fingerprint density at radius 1 is 1.03 bits per heavy atom. The minimum Gasteiger partial charge on any atom is -0.392 e. The van der Waals surface area contributed by atoms with Crippen LogP contribution >= 0.6 is 0 Å². The van der Waals surface area contributed by atoms with Gasteiger partial charge >= 0.3 is 0 Å². The first-order chi connectivity index (χ1) is 14.5. The molecular formula is C23H18F2N4O. The Morgan fingerprint density at radius 2 is 1.83 bits per heavy atom. The molecule has 4 N–H and O–H groups in total. The molecule has 0 radical (unpaired) electrons. The van der Waals surface area contributed by atoms with E-state index < -0.39 is 18.2 Å². The maximum absolute atomic E-state index is 13.9. The molecule has 0 bridgehead atoms. The molecule has 1 aromatic heterocycles. The topological polar surface area (TPSA) is 84.1 Å². The van der Waals surface area contributed by atoms with E-state index >= 15 is 0 Å². The average molecular weight is 404 g/mol. The third-order valence-electron chi connectivity index (χ3n) is 5.51. The minimum atomic E-state index is -0.993. The van der Waals surface area contributed by atoms with E-state index in [1.165, 1.54) is 5.56 Å². The first kappa shape index (κ1) is 18.6. The van der Waals surface area contributed by atoms with Crippen LogP contribution in [0.4, 0.5) is 14.7 Å². The van der Waals surface area contributed by atoms with Crippen LogP contribution in [0.25, 0.3) is 22.0 Å². The summed E-state index contributed by atoms with van der Waals surface area (Å²) in [4.78, 5) is 8.84. The van der Waals surface area contributed by atoms with Crippen LogP contribution in [0.1, 0.15) is 28.4 Å². The van der Waals surface area contributed by atoms with Crippen molar-refractivity contribution < 1.29 is 13.9 Å². The number of nitrogens with two attached hydrogens (primary N) is 1. The standard InChI is InChI=1S/C23H18F2N4O/c24-18-8-14(11-30)16(9-19(18)25)12-5-6-20-17(7-12)22(29-23(26)28-20)21-15-4-2-1-3-13(15)10-27-21/h1-9,21,27,30H,10-11H2,(H2,26,28,29). The molecule has 0 saturated carbocycles. The van der Waals surface area contributed by atoms with Crippen molar-refractivity contribution in [3.8, 4) is 11.1 Å². The molecule has 5 rings (SSSR count). The lowest BCUT2D eigenvalue weighted by Gasteiger charge is -2.16. The zero-order valence-corrected chi connectivity index (χ0v) is 15.9. The highest BCUT2D eigenvalue weighted by Gasteiger charge is 2.26. The van der Waals surface area contributed by atoms with Crippen LogP contribution in [-0.2, 0) is 13.2 Å². The first-order valence-electron chi connectivity index (χ1n) is 9.52. The Hall–Kier alpha value is -3.42. The monoisotopic (exact) mass is 404 g/mol. The van der Waals surface area contributed by atoms with E-state index in [0.717, 1.165) is 28.8 Å². The van der Waals surface area contributed by atoms with Crippen LogP contribution in [0, 0.1) is 11.6 Å². The van der Waals surface area contributed by atoms with Gasteiger partial charge in [-0.3, -0.25) is 0 Å². The molecule has 1 atom stereocenters. The SMILES string of the molecule is Nc1nc(C2NCc3ccccc32)c2cc(-c3cc(F)c(F)cc3CO)ccc2n1. The molecule has 2 heterocycles. The highest BCUT2D eigenvalue weighted by atomic mass is 19.2. The maximum Gasteiger partial charge on any atom is 0.220 e. The number of anilines is 1. The van der Waals surface area contributed by atoms with Crippen molar-refractivity contribution in [2.45, 2.75) is 19.2 Å². The van der Waals surface area contributed by atoms with Gasteiger partial charge in [0.2, 0.25) is 5.95 Å². The number of aliphatic hydroxyl groups is 1.